The molecule has 1 fully saturated rings. The van der Waals surface area contributed by atoms with Crippen LogP contribution in [0.15, 0.2) is 17.7 Å². The average molecular weight is 378 g/mol. The van der Waals surface area contributed by atoms with E-state index in [2.05, 4.69) is 43.4 Å². The molecule has 1 unspecified atom stereocenters. The van der Waals surface area contributed by atoms with Crippen LogP contribution in [0.5, 0.6) is 0 Å². The number of halogens is 1. The van der Waals surface area contributed by atoms with Crippen molar-refractivity contribution < 1.29 is 9.59 Å². The van der Waals surface area contributed by atoms with E-state index in [-0.39, 0.29) is 16.2 Å². The van der Waals surface area contributed by atoms with Crippen molar-refractivity contribution in [3.8, 4) is 0 Å². The molecule has 0 radical (unpaired) electrons. The number of carbonyl (C=O) groups excluding carboxylic acids is 2. The molecule has 132 valence electrons. The van der Waals surface area contributed by atoms with Gasteiger partial charge in [0.15, 0.2) is 5.11 Å². The smallest absolute Gasteiger partial charge is 0.263 e. The molecule has 1 saturated heterocycles. The molecule has 1 aromatic rings. The van der Waals surface area contributed by atoms with Crippen LogP contribution in [0.1, 0.15) is 44.2 Å². The third kappa shape index (κ3) is 3.16. The number of hydrogen-bond acceptors (Lipinski definition) is 4. The highest BCUT2D eigenvalue weighted by molar-refractivity contribution is 7.80. The maximum Gasteiger partial charge on any atom is 0.263 e. The maximum absolute atomic E-state index is 12.0. The number of amides is 2. The first-order chi connectivity index (χ1) is 11.6. The highest BCUT2D eigenvalue weighted by Crippen LogP contribution is 2.44. The third-order valence-corrected chi connectivity index (χ3v) is 5.53. The molecule has 2 heterocycles. The molecule has 25 heavy (non-hydrogen) atoms. The minimum absolute atomic E-state index is 0.00685. The summed E-state index contributed by atoms with van der Waals surface area (Å²) in [5, 5.41) is 5.37. The molecule has 0 spiro atoms. The van der Waals surface area contributed by atoms with Crippen molar-refractivity contribution in [1.82, 2.24) is 10.6 Å². The summed E-state index contributed by atoms with van der Waals surface area (Å²) in [6.45, 7) is 6.59. The summed E-state index contributed by atoms with van der Waals surface area (Å²) in [6, 6.07) is 3.87. The van der Waals surface area contributed by atoms with Gasteiger partial charge in [0.2, 0.25) is 0 Å². The van der Waals surface area contributed by atoms with E-state index in [9.17, 15) is 9.59 Å². The van der Waals surface area contributed by atoms with Gasteiger partial charge in [0, 0.05) is 23.3 Å². The third-order valence-electron chi connectivity index (χ3n) is 5.00. The standard InChI is InChI=1S/C18H20ClN3O2S/c1-9-8-18(2,3)22(4)14-7-13(19)10(5-11(9)14)6-12-15(23)20-17(25)21-16(12)24/h5-7,9H,8H2,1-4H3,(H2,20,21,23,24,25). The number of hydrogen-bond donors (Lipinski definition) is 2. The van der Waals surface area contributed by atoms with Gasteiger partial charge in [0.25, 0.3) is 11.8 Å². The van der Waals surface area contributed by atoms with Crippen LogP contribution in [-0.4, -0.2) is 29.5 Å². The lowest BCUT2D eigenvalue weighted by atomic mass is 9.80. The number of thiocarbonyl (C=S) groups is 1. The van der Waals surface area contributed by atoms with Crippen molar-refractivity contribution in [1.29, 1.82) is 0 Å². The lowest BCUT2D eigenvalue weighted by Gasteiger charge is -2.45. The molecule has 0 aliphatic carbocycles. The number of carbonyl (C=O) groups is 2. The van der Waals surface area contributed by atoms with E-state index in [1.807, 2.05) is 12.1 Å². The predicted molar refractivity (Wildman–Crippen MR) is 104 cm³/mol. The normalized spacial score (nSPS) is 22.3. The van der Waals surface area contributed by atoms with Crippen LogP contribution in [0.4, 0.5) is 5.69 Å². The quantitative estimate of drug-likeness (QED) is 0.448. The number of fused-ring (bicyclic) bond motifs is 1. The minimum atomic E-state index is -0.520. The fourth-order valence-electron chi connectivity index (χ4n) is 3.48. The first kappa shape index (κ1) is 17.9. The Morgan fingerprint density at radius 3 is 2.48 bits per heavy atom. The SMILES string of the molecule is CC1CC(C)(C)N(C)c2cc(Cl)c(C=C3C(=O)NC(=S)NC3=O)cc21. The Labute approximate surface area is 157 Å². The number of rotatable bonds is 1. The molecule has 2 aliphatic rings. The van der Waals surface area contributed by atoms with Gasteiger partial charge in [-0.05, 0) is 67.7 Å². The Bertz CT molecular complexity index is 810. The molecule has 0 aromatic heterocycles. The van der Waals surface area contributed by atoms with Crippen LogP contribution in [0.2, 0.25) is 5.02 Å². The number of anilines is 1. The van der Waals surface area contributed by atoms with E-state index in [1.165, 1.54) is 6.08 Å². The van der Waals surface area contributed by atoms with Crippen LogP contribution in [0, 0.1) is 0 Å². The second-order valence-corrected chi connectivity index (χ2v) is 8.02. The summed E-state index contributed by atoms with van der Waals surface area (Å²) in [4.78, 5) is 26.3. The average Bonchev–Trinajstić information content (AvgIpc) is 2.49. The molecule has 3 rings (SSSR count). The van der Waals surface area contributed by atoms with Crippen LogP contribution in [0.3, 0.4) is 0 Å². The van der Waals surface area contributed by atoms with Crippen molar-refractivity contribution in [2.75, 3.05) is 11.9 Å². The van der Waals surface area contributed by atoms with Gasteiger partial charge in [0.05, 0.1) is 0 Å². The molecule has 2 amide bonds. The zero-order valence-electron chi connectivity index (χ0n) is 14.6. The molecular formula is C18H20ClN3O2S. The van der Waals surface area contributed by atoms with E-state index in [0.29, 0.717) is 16.5 Å². The van der Waals surface area contributed by atoms with E-state index in [4.69, 9.17) is 23.8 Å². The molecule has 0 saturated carbocycles. The molecule has 5 nitrogen and oxygen atoms in total. The number of nitrogens with zero attached hydrogens (tertiary/aromatic N) is 1. The second kappa shape index (κ2) is 6.11. The number of nitrogens with one attached hydrogen (secondary N) is 2. The molecule has 1 aromatic carbocycles. The first-order valence-corrected chi connectivity index (χ1v) is 8.84. The summed E-state index contributed by atoms with van der Waals surface area (Å²) in [5.74, 6) is -0.695. The summed E-state index contributed by atoms with van der Waals surface area (Å²) < 4.78 is 0. The van der Waals surface area contributed by atoms with Crippen LogP contribution >= 0.6 is 23.8 Å². The lowest BCUT2D eigenvalue weighted by Crippen LogP contribution is -2.51. The maximum atomic E-state index is 12.0. The van der Waals surface area contributed by atoms with Crippen molar-refractivity contribution >= 4 is 52.5 Å². The monoisotopic (exact) mass is 377 g/mol. The van der Waals surface area contributed by atoms with Gasteiger partial charge in [0.1, 0.15) is 5.57 Å². The largest absolute Gasteiger partial charge is 0.369 e. The van der Waals surface area contributed by atoms with Gasteiger partial charge in [-0.25, -0.2) is 0 Å². The van der Waals surface area contributed by atoms with Gasteiger partial charge in [-0.1, -0.05) is 18.5 Å². The topological polar surface area (TPSA) is 61.4 Å². The fourth-order valence-corrected chi connectivity index (χ4v) is 3.87. The Kier molecular flexibility index (Phi) is 4.37. The fraction of sp³-hybridized carbons (Fsp3) is 0.389. The zero-order chi connectivity index (χ0) is 18.5. The van der Waals surface area contributed by atoms with Crippen LogP contribution in [-0.2, 0) is 9.59 Å². The van der Waals surface area contributed by atoms with Gasteiger partial charge >= 0.3 is 0 Å². The molecule has 1 atom stereocenters. The van der Waals surface area contributed by atoms with E-state index >= 15 is 0 Å². The van der Waals surface area contributed by atoms with Crippen molar-refractivity contribution in [3.05, 3.63) is 33.9 Å². The number of benzene rings is 1. The van der Waals surface area contributed by atoms with Gasteiger partial charge < -0.3 is 4.90 Å². The summed E-state index contributed by atoms with van der Waals surface area (Å²) in [7, 11) is 2.06. The molecule has 0 bridgehead atoms. The Balaban J connectivity index is 2.07. The van der Waals surface area contributed by atoms with Gasteiger partial charge in [-0.3, -0.25) is 20.2 Å². The summed E-state index contributed by atoms with van der Waals surface area (Å²) in [5.41, 5.74) is 2.91. The van der Waals surface area contributed by atoms with Crippen molar-refractivity contribution in [2.45, 2.75) is 38.6 Å². The van der Waals surface area contributed by atoms with E-state index in [1.54, 1.807) is 0 Å². The highest BCUT2D eigenvalue weighted by Gasteiger charge is 2.35. The van der Waals surface area contributed by atoms with Gasteiger partial charge in [-0.15, -0.1) is 0 Å². The van der Waals surface area contributed by atoms with Crippen molar-refractivity contribution in [3.63, 3.8) is 0 Å². The molecular weight excluding hydrogens is 358 g/mol. The summed E-state index contributed by atoms with van der Waals surface area (Å²) >= 11 is 11.3. The molecule has 2 aliphatic heterocycles. The first-order valence-electron chi connectivity index (χ1n) is 8.06. The van der Waals surface area contributed by atoms with Gasteiger partial charge in [-0.2, -0.15) is 0 Å². The van der Waals surface area contributed by atoms with Crippen molar-refractivity contribution in [2.24, 2.45) is 0 Å². The minimum Gasteiger partial charge on any atom is -0.369 e. The van der Waals surface area contributed by atoms with Crippen LogP contribution < -0.4 is 15.5 Å². The predicted octanol–water partition coefficient (Wildman–Crippen LogP) is 2.98. The Morgan fingerprint density at radius 2 is 1.88 bits per heavy atom. The second-order valence-electron chi connectivity index (χ2n) is 7.20. The van der Waals surface area contributed by atoms with E-state index < -0.39 is 11.8 Å². The molecule has 7 heteroatoms. The highest BCUT2D eigenvalue weighted by atomic mass is 35.5. The molecule has 2 N–H and O–H groups in total. The summed E-state index contributed by atoms with van der Waals surface area (Å²) in [6.07, 6.45) is 2.52. The lowest BCUT2D eigenvalue weighted by molar-refractivity contribution is -0.123. The Morgan fingerprint density at radius 1 is 1.28 bits per heavy atom. The van der Waals surface area contributed by atoms with E-state index in [0.717, 1.165) is 17.7 Å². The Hall–Kier alpha value is -1.92. The van der Waals surface area contributed by atoms with Crippen LogP contribution in [0.25, 0.3) is 6.08 Å². The zero-order valence-corrected chi connectivity index (χ0v) is 16.1.